The average Bonchev–Trinajstić information content (AvgIpc) is 3.29. The fourth-order valence-corrected chi connectivity index (χ4v) is 6.56. The Balaban J connectivity index is 1.42. The van der Waals surface area contributed by atoms with Gasteiger partial charge in [-0.15, -0.1) is 11.7 Å². The number of morpholine rings is 1. The van der Waals surface area contributed by atoms with Crippen LogP contribution in [0.4, 0.5) is 0 Å². The van der Waals surface area contributed by atoms with Gasteiger partial charge in [0, 0.05) is 57.4 Å². The van der Waals surface area contributed by atoms with E-state index in [4.69, 9.17) is 4.74 Å². The van der Waals surface area contributed by atoms with Crippen molar-refractivity contribution in [3.05, 3.63) is 0 Å². The molecule has 4 heterocycles. The zero-order valence-electron chi connectivity index (χ0n) is 15.8. The van der Waals surface area contributed by atoms with E-state index in [1.54, 1.807) is 10.8 Å². The second kappa shape index (κ2) is 7.86. The van der Waals surface area contributed by atoms with Crippen LogP contribution in [-0.4, -0.2) is 97.2 Å². The third-order valence-corrected chi connectivity index (χ3v) is 8.55. The molecule has 0 aromatic heterocycles. The van der Waals surface area contributed by atoms with Crippen LogP contribution in [0, 0.1) is 11.8 Å². The molecule has 0 saturated carbocycles. The number of hydrogen-bond donors (Lipinski definition) is 2. The van der Waals surface area contributed by atoms with Crippen molar-refractivity contribution in [3.8, 4) is 0 Å². The molecule has 5 nitrogen and oxygen atoms in total. The number of nitrogens with one attached hydrogen (secondary N) is 1. The standard InChI is InChI=1S/C18H34N4OS2/c1-12(21-4-5-23-18-8-19-7-16(18)21)6-14-9-22(13(2)25-24)17-11-20(3)10-15(14)17/h12-19,24H,4-11H2,1-3H3/t12?,13?,14?,15?,16-,17?,18-/m0/s1. The van der Waals surface area contributed by atoms with Gasteiger partial charge >= 0.3 is 0 Å². The van der Waals surface area contributed by atoms with E-state index in [9.17, 15) is 0 Å². The number of nitrogens with zero attached hydrogens (tertiary/aromatic N) is 3. The SMILES string of the molecule is CC(SS)N1CC(CC(C)N2CCO[C@H]3CNC[C@@H]32)C2CN(C)CC21. The highest BCUT2D eigenvalue weighted by Crippen LogP contribution is 2.41. The van der Waals surface area contributed by atoms with Crippen LogP contribution in [0.25, 0.3) is 0 Å². The fraction of sp³-hybridized carbons (Fsp3) is 1.00. The van der Waals surface area contributed by atoms with Gasteiger partial charge in [0.1, 0.15) is 0 Å². The van der Waals surface area contributed by atoms with Crippen LogP contribution in [-0.2, 0) is 4.74 Å². The molecule has 5 unspecified atom stereocenters. The van der Waals surface area contributed by atoms with Crippen molar-refractivity contribution >= 4 is 22.5 Å². The number of hydrogen-bond acceptors (Lipinski definition) is 7. The lowest BCUT2D eigenvalue weighted by molar-refractivity contribution is -0.0641. The number of likely N-dealkylation sites (N-methyl/N-ethyl adjacent to an activating group) is 1. The van der Waals surface area contributed by atoms with E-state index in [0.717, 1.165) is 44.1 Å². The van der Waals surface area contributed by atoms with E-state index in [0.29, 0.717) is 23.6 Å². The number of thiol groups is 1. The molecule has 0 amide bonds. The third-order valence-electron chi connectivity index (χ3n) is 7.06. The van der Waals surface area contributed by atoms with E-state index >= 15 is 0 Å². The maximum atomic E-state index is 5.97. The summed E-state index contributed by atoms with van der Waals surface area (Å²) >= 11 is 4.50. The molecule has 0 radical (unpaired) electrons. The number of ether oxygens (including phenoxy) is 1. The van der Waals surface area contributed by atoms with Crippen LogP contribution < -0.4 is 5.32 Å². The van der Waals surface area contributed by atoms with Gasteiger partial charge in [0.15, 0.2) is 0 Å². The lowest BCUT2D eigenvalue weighted by Gasteiger charge is -2.42. The molecule has 4 aliphatic heterocycles. The molecule has 0 aromatic rings. The van der Waals surface area contributed by atoms with E-state index in [1.807, 2.05) is 0 Å². The first-order valence-electron chi connectivity index (χ1n) is 9.91. The molecule has 0 aromatic carbocycles. The molecule has 4 aliphatic rings. The Labute approximate surface area is 162 Å². The van der Waals surface area contributed by atoms with E-state index in [2.05, 4.69) is 52.6 Å². The molecule has 0 aliphatic carbocycles. The van der Waals surface area contributed by atoms with Gasteiger partial charge in [-0.25, -0.2) is 0 Å². The van der Waals surface area contributed by atoms with Crippen LogP contribution in [0.2, 0.25) is 0 Å². The van der Waals surface area contributed by atoms with Gasteiger partial charge in [0.05, 0.1) is 18.1 Å². The molecule has 1 N–H and O–H groups in total. The molecule has 0 spiro atoms. The Kier molecular flexibility index (Phi) is 5.92. The van der Waals surface area contributed by atoms with E-state index in [1.165, 1.54) is 26.1 Å². The molecule has 4 fully saturated rings. The van der Waals surface area contributed by atoms with E-state index < -0.39 is 0 Å². The van der Waals surface area contributed by atoms with Gasteiger partial charge in [-0.05, 0) is 39.2 Å². The van der Waals surface area contributed by atoms with Crippen LogP contribution in [0.5, 0.6) is 0 Å². The predicted octanol–water partition coefficient (Wildman–Crippen LogP) is 1.22. The largest absolute Gasteiger partial charge is 0.374 e. The zero-order chi connectivity index (χ0) is 17.6. The molecule has 25 heavy (non-hydrogen) atoms. The maximum Gasteiger partial charge on any atom is 0.0867 e. The summed E-state index contributed by atoms with van der Waals surface area (Å²) in [5.41, 5.74) is 0. The molecular formula is C18H34N4OS2. The molecule has 7 atom stereocenters. The highest BCUT2D eigenvalue weighted by atomic mass is 33.1. The topological polar surface area (TPSA) is 31.0 Å². The predicted molar refractivity (Wildman–Crippen MR) is 108 cm³/mol. The Morgan fingerprint density at radius 3 is 2.80 bits per heavy atom. The third kappa shape index (κ3) is 3.62. The summed E-state index contributed by atoms with van der Waals surface area (Å²) in [5, 5.41) is 4.03. The van der Waals surface area contributed by atoms with Gasteiger partial charge in [0.25, 0.3) is 0 Å². The minimum atomic E-state index is 0.405. The first kappa shape index (κ1) is 18.8. The van der Waals surface area contributed by atoms with Gasteiger partial charge in [-0.2, -0.15) is 0 Å². The molecule has 4 saturated heterocycles. The summed E-state index contributed by atoms with van der Waals surface area (Å²) in [6, 6.07) is 1.95. The number of likely N-dealkylation sites (tertiary alicyclic amines) is 2. The summed E-state index contributed by atoms with van der Waals surface area (Å²) in [7, 11) is 3.98. The van der Waals surface area contributed by atoms with Gasteiger partial charge in [-0.1, -0.05) is 10.8 Å². The minimum Gasteiger partial charge on any atom is -0.374 e. The van der Waals surface area contributed by atoms with Crippen molar-refractivity contribution in [1.29, 1.82) is 0 Å². The fourth-order valence-electron chi connectivity index (χ4n) is 5.83. The van der Waals surface area contributed by atoms with Crippen molar-refractivity contribution in [2.75, 3.05) is 52.9 Å². The number of rotatable bonds is 5. The Bertz CT molecular complexity index is 470. The highest BCUT2D eigenvalue weighted by molar-refractivity contribution is 8.68. The monoisotopic (exact) mass is 386 g/mol. The van der Waals surface area contributed by atoms with E-state index in [-0.39, 0.29) is 0 Å². The Hall–Kier alpha value is 0.500. The Morgan fingerprint density at radius 2 is 2.00 bits per heavy atom. The first-order valence-corrected chi connectivity index (χ1v) is 11.8. The molecule has 4 rings (SSSR count). The quantitative estimate of drug-likeness (QED) is 0.546. The van der Waals surface area contributed by atoms with Crippen LogP contribution in [0.3, 0.4) is 0 Å². The first-order chi connectivity index (χ1) is 12.1. The molecular weight excluding hydrogens is 352 g/mol. The Morgan fingerprint density at radius 1 is 1.16 bits per heavy atom. The average molecular weight is 387 g/mol. The van der Waals surface area contributed by atoms with Gasteiger partial charge in [0.2, 0.25) is 0 Å². The normalized spacial score (nSPS) is 42.5. The second-order valence-corrected chi connectivity index (χ2v) is 10.1. The lowest BCUT2D eigenvalue weighted by atomic mass is 9.87. The van der Waals surface area contributed by atoms with Crippen LogP contribution in [0.1, 0.15) is 20.3 Å². The minimum absolute atomic E-state index is 0.405. The van der Waals surface area contributed by atoms with Crippen molar-refractivity contribution in [3.63, 3.8) is 0 Å². The maximum absolute atomic E-state index is 5.97. The summed E-state index contributed by atoms with van der Waals surface area (Å²) in [5.74, 6) is 1.64. The zero-order valence-corrected chi connectivity index (χ0v) is 17.5. The van der Waals surface area contributed by atoms with Crippen molar-refractivity contribution in [1.82, 2.24) is 20.0 Å². The summed E-state index contributed by atoms with van der Waals surface area (Å²) in [6.07, 6.45) is 1.72. The smallest absolute Gasteiger partial charge is 0.0867 e. The highest BCUT2D eigenvalue weighted by Gasteiger charge is 2.48. The van der Waals surface area contributed by atoms with Gasteiger partial charge < -0.3 is 15.0 Å². The molecule has 7 heteroatoms. The van der Waals surface area contributed by atoms with Gasteiger partial charge in [-0.3, -0.25) is 9.80 Å². The van der Waals surface area contributed by atoms with Crippen LogP contribution in [0.15, 0.2) is 0 Å². The molecule has 0 bridgehead atoms. The van der Waals surface area contributed by atoms with Crippen molar-refractivity contribution in [2.45, 2.75) is 49.9 Å². The lowest BCUT2D eigenvalue weighted by Crippen LogP contribution is -2.54. The number of fused-ring (bicyclic) bond motifs is 2. The van der Waals surface area contributed by atoms with Crippen molar-refractivity contribution < 1.29 is 4.74 Å². The van der Waals surface area contributed by atoms with Crippen LogP contribution >= 0.6 is 22.5 Å². The molecule has 144 valence electrons. The summed E-state index contributed by atoms with van der Waals surface area (Å²) in [6.45, 7) is 12.6. The summed E-state index contributed by atoms with van der Waals surface area (Å²) < 4.78 is 5.97. The summed E-state index contributed by atoms with van der Waals surface area (Å²) in [4.78, 5) is 7.99. The van der Waals surface area contributed by atoms with Crippen molar-refractivity contribution in [2.24, 2.45) is 11.8 Å². The second-order valence-electron chi connectivity index (χ2n) is 8.57.